The Morgan fingerprint density at radius 2 is 1.94 bits per heavy atom. The number of carbonyl (C=O) groups excluding carboxylic acids is 2. The Bertz CT molecular complexity index is 1050. The molecule has 1 aliphatic rings. The van der Waals surface area contributed by atoms with E-state index in [-0.39, 0.29) is 49.4 Å². The summed E-state index contributed by atoms with van der Waals surface area (Å²) in [6, 6.07) is 3.70. The van der Waals surface area contributed by atoms with Gasteiger partial charge in [-0.3, -0.25) is 9.59 Å². The number of aryl methyl sites for hydroxylation is 2. The molecule has 3 N–H and O–H groups in total. The van der Waals surface area contributed by atoms with Gasteiger partial charge < -0.3 is 20.7 Å². The third kappa shape index (κ3) is 5.11. The summed E-state index contributed by atoms with van der Waals surface area (Å²) < 4.78 is 19.3. The minimum atomic E-state index is -0.536. The van der Waals surface area contributed by atoms with Crippen LogP contribution in [0.3, 0.4) is 0 Å². The summed E-state index contributed by atoms with van der Waals surface area (Å²) in [6.07, 6.45) is 0. The average Bonchev–Trinajstić information content (AvgIpc) is 3.10. The molecule has 10 heteroatoms. The predicted octanol–water partition coefficient (Wildman–Crippen LogP) is 2.23. The molecule has 0 atom stereocenters. The van der Waals surface area contributed by atoms with Crippen LogP contribution in [0.2, 0.25) is 5.02 Å². The van der Waals surface area contributed by atoms with Crippen LogP contribution in [0.25, 0.3) is 5.57 Å². The monoisotopic (exact) mass is 447 g/mol. The lowest BCUT2D eigenvalue weighted by Crippen LogP contribution is -2.31. The molecule has 0 spiro atoms. The second kappa shape index (κ2) is 9.30. The second-order valence-corrected chi connectivity index (χ2v) is 7.55. The third-order valence-corrected chi connectivity index (χ3v) is 5.29. The van der Waals surface area contributed by atoms with E-state index in [0.717, 1.165) is 6.07 Å². The Hall–Kier alpha value is -3.20. The van der Waals surface area contributed by atoms with Crippen molar-refractivity contribution in [2.24, 2.45) is 5.73 Å². The van der Waals surface area contributed by atoms with E-state index in [1.54, 1.807) is 13.8 Å². The van der Waals surface area contributed by atoms with Crippen molar-refractivity contribution >= 4 is 29.0 Å². The molecule has 2 heterocycles. The SMILES string of the molecule is CC(=O)NCCOc1cc(F)ccc1C(=O)N1CC(N)=C(c2nc(C)c(Cl)c(C)n2)C1. The number of amides is 2. The van der Waals surface area contributed by atoms with Gasteiger partial charge in [0.15, 0.2) is 5.82 Å². The molecule has 164 valence electrons. The molecule has 0 fully saturated rings. The van der Waals surface area contributed by atoms with Crippen LogP contribution in [0.15, 0.2) is 23.9 Å². The first-order valence-corrected chi connectivity index (χ1v) is 9.99. The first-order chi connectivity index (χ1) is 14.7. The number of carbonyl (C=O) groups is 2. The minimum Gasteiger partial charge on any atom is -0.491 e. The Morgan fingerprint density at radius 3 is 2.58 bits per heavy atom. The van der Waals surface area contributed by atoms with Gasteiger partial charge in [-0.2, -0.15) is 0 Å². The van der Waals surface area contributed by atoms with Crippen molar-refractivity contribution in [3.05, 3.63) is 57.5 Å². The standard InChI is InChI=1S/C21H23ClFN5O3/c1-11-19(22)12(2)27-20(26-11)16-9-28(10-17(16)24)21(30)15-5-4-14(23)8-18(15)31-7-6-25-13(3)29/h4-5,8H,6-7,9-10,24H2,1-3H3,(H,25,29). The zero-order chi connectivity index (χ0) is 22.7. The van der Waals surface area contributed by atoms with E-state index < -0.39 is 5.82 Å². The molecule has 31 heavy (non-hydrogen) atoms. The first-order valence-electron chi connectivity index (χ1n) is 9.62. The summed E-state index contributed by atoms with van der Waals surface area (Å²) in [6.45, 7) is 5.64. The van der Waals surface area contributed by atoms with Crippen molar-refractivity contribution in [1.29, 1.82) is 0 Å². The summed E-state index contributed by atoms with van der Waals surface area (Å²) in [5.41, 5.74) is 8.76. The summed E-state index contributed by atoms with van der Waals surface area (Å²) in [7, 11) is 0. The van der Waals surface area contributed by atoms with Gasteiger partial charge in [-0.25, -0.2) is 14.4 Å². The molecule has 2 aromatic rings. The largest absolute Gasteiger partial charge is 0.491 e. The van der Waals surface area contributed by atoms with E-state index in [1.165, 1.54) is 24.0 Å². The zero-order valence-corrected chi connectivity index (χ0v) is 18.2. The molecule has 2 amide bonds. The molecule has 0 saturated heterocycles. The van der Waals surface area contributed by atoms with Crippen molar-refractivity contribution in [3.8, 4) is 5.75 Å². The molecule has 1 aromatic heterocycles. The molecular weight excluding hydrogens is 425 g/mol. The van der Waals surface area contributed by atoms with E-state index in [1.807, 2.05) is 0 Å². The van der Waals surface area contributed by atoms with Gasteiger partial charge in [-0.1, -0.05) is 11.6 Å². The summed E-state index contributed by atoms with van der Waals surface area (Å²) in [4.78, 5) is 34.4. The normalized spacial score (nSPS) is 13.5. The van der Waals surface area contributed by atoms with Crippen molar-refractivity contribution in [3.63, 3.8) is 0 Å². The molecule has 3 rings (SSSR count). The van der Waals surface area contributed by atoms with E-state index in [2.05, 4.69) is 15.3 Å². The molecule has 1 aromatic carbocycles. The maximum absolute atomic E-state index is 13.7. The number of hydrogen-bond acceptors (Lipinski definition) is 6. The Kier molecular flexibility index (Phi) is 6.74. The van der Waals surface area contributed by atoms with Gasteiger partial charge in [0.1, 0.15) is 18.2 Å². The van der Waals surface area contributed by atoms with Crippen LogP contribution in [-0.4, -0.2) is 52.9 Å². The number of ether oxygens (including phenoxy) is 1. The van der Waals surface area contributed by atoms with Gasteiger partial charge in [-0.05, 0) is 26.0 Å². The van der Waals surface area contributed by atoms with Gasteiger partial charge in [0.2, 0.25) is 5.91 Å². The molecule has 0 aliphatic carbocycles. The highest BCUT2D eigenvalue weighted by molar-refractivity contribution is 6.31. The minimum absolute atomic E-state index is 0.0894. The lowest BCUT2D eigenvalue weighted by molar-refractivity contribution is -0.119. The molecule has 1 aliphatic heterocycles. The summed E-state index contributed by atoms with van der Waals surface area (Å²) in [5.74, 6) is -0.587. The van der Waals surface area contributed by atoms with Crippen LogP contribution in [0.5, 0.6) is 5.75 Å². The van der Waals surface area contributed by atoms with Gasteiger partial charge in [-0.15, -0.1) is 0 Å². The number of halogens is 2. The Labute approximate surface area is 184 Å². The molecular formula is C21H23ClFN5O3. The fourth-order valence-electron chi connectivity index (χ4n) is 3.20. The maximum atomic E-state index is 13.7. The second-order valence-electron chi connectivity index (χ2n) is 7.17. The van der Waals surface area contributed by atoms with Crippen molar-refractivity contribution in [1.82, 2.24) is 20.2 Å². The summed E-state index contributed by atoms with van der Waals surface area (Å²) >= 11 is 6.15. The summed E-state index contributed by atoms with van der Waals surface area (Å²) in [5, 5.41) is 3.06. The number of nitrogens with zero attached hydrogens (tertiary/aromatic N) is 3. The van der Waals surface area contributed by atoms with Crippen LogP contribution in [0.1, 0.15) is 34.5 Å². The van der Waals surface area contributed by atoms with Crippen molar-refractivity contribution < 1.29 is 18.7 Å². The smallest absolute Gasteiger partial charge is 0.258 e. The molecule has 0 radical (unpaired) electrons. The fraction of sp³-hybridized carbons (Fsp3) is 0.333. The van der Waals surface area contributed by atoms with E-state index in [0.29, 0.717) is 33.5 Å². The molecule has 8 nitrogen and oxygen atoms in total. The lowest BCUT2D eigenvalue weighted by Gasteiger charge is -2.19. The van der Waals surface area contributed by atoms with E-state index in [4.69, 9.17) is 22.1 Å². The number of nitrogens with one attached hydrogen (secondary N) is 1. The van der Waals surface area contributed by atoms with Crippen molar-refractivity contribution in [2.45, 2.75) is 20.8 Å². The molecule has 0 saturated carbocycles. The number of hydrogen-bond donors (Lipinski definition) is 2. The topological polar surface area (TPSA) is 110 Å². The quantitative estimate of drug-likeness (QED) is 0.657. The fourth-order valence-corrected chi connectivity index (χ4v) is 3.28. The van der Waals surface area contributed by atoms with Gasteiger partial charge in [0.05, 0.1) is 41.6 Å². The number of rotatable bonds is 6. The number of aromatic nitrogens is 2. The van der Waals surface area contributed by atoms with E-state index >= 15 is 0 Å². The van der Waals surface area contributed by atoms with Crippen LogP contribution in [0.4, 0.5) is 4.39 Å². The highest BCUT2D eigenvalue weighted by atomic mass is 35.5. The van der Waals surface area contributed by atoms with Crippen LogP contribution in [-0.2, 0) is 4.79 Å². The van der Waals surface area contributed by atoms with E-state index in [9.17, 15) is 14.0 Å². The number of nitrogens with two attached hydrogens (primary N) is 1. The molecule has 0 bridgehead atoms. The predicted molar refractivity (Wildman–Crippen MR) is 114 cm³/mol. The number of benzene rings is 1. The first kappa shape index (κ1) is 22.5. The van der Waals surface area contributed by atoms with Gasteiger partial charge >= 0.3 is 0 Å². The maximum Gasteiger partial charge on any atom is 0.258 e. The lowest BCUT2D eigenvalue weighted by atomic mass is 10.1. The van der Waals surface area contributed by atoms with Crippen LogP contribution < -0.4 is 15.8 Å². The van der Waals surface area contributed by atoms with Crippen LogP contribution >= 0.6 is 11.6 Å². The highest BCUT2D eigenvalue weighted by Crippen LogP contribution is 2.28. The third-order valence-electron chi connectivity index (χ3n) is 4.75. The van der Waals surface area contributed by atoms with Gasteiger partial charge in [0.25, 0.3) is 5.91 Å². The van der Waals surface area contributed by atoms with Gasteiger partial charge in [0, 0.05) is 24.3 Å². The Balaban J connectivity index is 1.78. The average molecular weight is 448 g/mol. The highest BCUT2D eigenvalue weighted by Gasteiger charge is 2.29. The zero-order valence-electron chi connectivity index (χ0n) is 17.5. The molecule has 0 unspecified atom stereocenters. The Morgan fingerprint density at radius 1 is 1.26 bits per heavy atom. The van der Waals surface area contributed by atoms with Crippen molar-refractivity contribution in [2.75, 3.05) is 26.2 Å². The van der Waals surface area contributed by atoms with Crippen LogP contribution in [0, 0.1) is 19.7 Å².